The molecule has 0 saturated carbocycles. The zero-order valence-corrected chi connectivity index (χ0v) is 22.1. The molecule has 0 saturated heterocycles. The van der Waals surface area contributed by atoms with E-state index in [1.165, 1.54) is 41.2 Å². The van der Waals surface area contributed by atoms with Crippen molar-refractivity contribution in [3.63, 3.8) is 0 Å². The predicted octanol–water partition coefficient (Wildman–Crippen LogP) is 7.06. The van der Waals surface area contributed by atoms with E-state index in [4.69, 9.17) is 23.2 Å². The SMILES string of the molecule is CCCSNc1ccc(F)c(C(=O)C2=CN(C(=O)c3c(Cl)cccc3Cl)C3N=CC(Br)C=C23)c1F. The number of ketones is 1. The predicted molar refractivity (Wildman–Crippen MR) is 141 cm³/mol. The monoisotopic (exact) mass is 599 g/mol. The number of benzene rings is 2. The molecule has 2 aromatic carbocycles. The third kappa shape index (κ3) is 5.05. The molecule has 1 N–H and O–H groups in total. The molecule has 2 aliphatic heterocycles. The molecule has 0 aliphatic carbocycles. The Hall–Kier alpha value is -2.20. The molecule has 2 aliphatic rings. The van der Waals surface area contributed by atoms with Crippen LogP contribution in [0.25, 0.3) is 0 Å². The molecule has 5 nitrogen and oxygen atoms in total. The molecular weight excluding hydrogens is 583 g/mol. The van der Waals surface area contributed by atoms with Gasteiger partial charge in [-0.3, -0.25) is 19.5 Å². The summed E-state index contributed by atoms with van der Waals surface area (Å²) >= 11 is 17.1. The quantitative estimate of drug-likeness (QED) is 0.160. The molecule has 0 radical (unpaired) electrons. The molecule has 2 unspecified atom stereocenters. The smallest absolute Gasteiger partial charge is 0.262 e. The Morgan fingerprint density at radius 1 is 1.17 bits per heavy atom. The summed E-state index contributed by atoms with van der Waals surface area (Å²) in [7, 11) is 0. The summed E-state index contributed by atoms with van der Waals surface area (Å²) in [6, 6.07) is 6.90. The number of amides is 1. The number of hydrogen-bond acceptors (Lipinski definition) is 5. The van der Waals surface area contributed by atoms with Crippen molar-refractivity contribution in [1.82, 2.24) is 4.90 Å². The van der Waals surface area contributed by atoms with Gasteiger partial charge >= 0.3 is 0 Å². The van der Waals surface area contributed by atoms with Gasteiger partial charge < -0.3 is 4.72 Å². The summed E-state index contributed by atoms with van der Waals surface area (Å²) in [6.45, 7) is 1.97. The second kappa shape index (κ2) is 10.8. The summed E-state index contributed by atoms with van der Waals surface area (Å²) in [5, 5.41) is 0.250. The number of Topliss-reactive ketones (excluding diaryl/α,β-unsaturated/α-hetero) is 1. The van der Waals surface area contributed by atoms with Gasteiger partial charge in [0.05, 0.1) is 31.7 Å². The van der Waals surface area contributed by atoms with E-state index in [1.54, 1.807) is 18.4 Å². The van der Waals surface area contributed by atoms with Crippen LogP contribution in [-0.2, 0) is 0 Å². The molecule has 35 heavy (non-hydrogen) atoms. The van der Waals surface area contributed by atoms with E-state index in [0.29, 0.717) is 11.3 Å². The van der Waals surface area contributed by atoms with Gasteiger partial charge in [-0.25, -0.2) is 8.78 Å². The van der Waals surface area contributed by atoms with Crippen molar-refractivity contribution in [2.24, 2.45) is 4.99 Å². The highest BCUT2D eigenvalue weighted by Crippen LogP contribution is 2.38. The fraction of sp³-hybridized carbons (Fsp3) is 0.208. The van der Waals surface area contributed by atoms with E-state index < -0.39 is 35.1 Å². The van der Waals surface area contributed by atoms with Gasteiger partial charge in [-0.2, -0.15) is 0 Å². The summed E-state index contributed by atoms with van der Waals surface area (Å²) in [4.78, 5) is 32.1. The fourth-order valence-electron chi connectivity index (χ4n) is 3.68. The first kappa shape index (κ1) is 25.9. The van der Waals surface area contributed by atoms with Gasteiger partial charge in [0, 0.05) is 29.3 Å². The molecule has 2 aromatic rings. The molecule has 11 heteroatoms. The Balaban J connectivity index is 1.77. The summed E-state index contributed by atoms with van der Waals surface area (Å²) < 4.78 is 32.8. The second-order valence-corrected chi connectivity index (χ2v) is 10.4. The normalized spacial score (nSPS) is 18.7. The average molecular weight is 601 g/mol. The number of carbonyl (C=O) groups excluding carboxylic acids is 2. The Kier molecular flexibility index (Phi) is 8.00. The zero-order valence-electron chi connectivity index (χ0n) is 18.2. The van der Waals surface area contributed by atoms with Crippen molar-refractivity contribution >= 4 is 74.7 Å². The van der Waals surface area contributed by atoms with Crippen molar-refractivity contribution in [3.8, 4) is 0 Å². The Bertz CT molecular complexity index is 1280. The number of rotatable bonds is 7. The van der Waals surface area contributed by atoms with Gasteiger partial charge in [0.1, 0.15) is 5.82 Å². The number of hydrogen-bond donors (Lipinski definition) is 1. The minimum atomic E-state index is -1.01. The maximum atomic E-state index is 15.3. The van der Waals surface area contributed by atoms with Crippen molar-refractivity contribution in [2.75, 3.05) is 10.5 Å². The van der Waals surface area contributed by atoms with Crippen LogP contribution in [0.2, 0.25) is 10.0 Å². The Labute approximate surface area is 223 Å². The third-order valence-electron chi connectivity index (χ3n) is 5.29. The largest absolute Gasteiger partial charge is 0.327 e. The number of carbonyl (C=O) groups is 2. The van der Waals surface area contributed by atoms with E-state index in [9.17, 15) is 14.0 Å². The molecule has 0 fully saturated rings. The Morgan fingerprint density at radius 2 is 1.89 bits per heavy atom. The highest BCUT2D eigenvalue weighted by molar-refractivity contribution is 9.10. The van der Waals surface area contributed by atoms with Crippen LogP contribution in [0.5, 0.6) is 0 Å². The maximum absolute atomic E-state index is 15.3. The van der Waals surface area contributed by atoms with Gasteiger partial charge in [-0.15, -0.1) is 0 Å². The third-order valence-corrected chi connectivity index (χ3v) is 7.40. The van der Waals surface area contributed by atoms with Crippen LogP contribution >= 0.6 is 51.1 Å². The van der Waals surface area contributed by atoms with E-state index in [-0.39, 0.29) is 31.7 Å². The molecule has 0 bridgehead atoms. The van der Waals surface area contributed by atoms with Gasteiger partial charge in [-0.1, -0.05) is 70.1 Å². The molecular formula is C24H18BrCl2F2N3O2S. The first-order valence-corrected chi connectivity index (χ1v) is 13.2. The fourth-order valence-corrected chi connectivity index (χ4v) is 5.27. The summed E-state index contributed by atoms with van der Waals surface area (Å²) in [6.07, 6.45) is 4.41. The molecule has 182 valence electrons. The number of alkyl halides is 1. The molecule has 2 heterocycles. The highest BCUT2D eigenvalue weighted by Gasteiger charge is 2.40. The lowest BCUT2D eigenvalue weighted by molar-refractivity contribution is 0.0802. The van der Waals surface area contributed by atoms with E-state index in [2.05, 4.69) is 25.6 Å². The molecule has 0 spiro atoms. The van der Waals surface area contributed by atoms with Crippen LogP contribution in [0.15, 0.2) is 58.7 Å². The summed E-state index contributed by atoms with van der Waals surface area (Å²) in [5.41, 5.74) is -0.401. The van der Waals surface area contributed by atoms with Crippen LogP contribution in [0.1, 0.15) is 34.1 Å². The van der Waals surface area contributed by atoms with Crippen LogP contribution < -0.4 is 4.72 Å². The van der Waals surface area contributed by atoms with Crippen LogP contribution in [0.4, 0.5) is 14.5 Å². The number of dihydropyridines is 1. The average Bonchev–Trinajstić information content (AvgIpc) is 3.19. The lowest BCUT2D eigenvalue weighted by atomic mass is 9.95. The molecule has 1 amide bonds. The molecule has 4 rings (SSSR count). The molecule has 2 atom stereocenters. The van der Waals surface area contributed by atoms with Crippen molar-refractivity contribution in [1.29, 1.82) is 0 Å². The first-order valence-electron chi connectivity index (χ1n) is 10.5. The number of anilines is 1. The van der Waals surface area contributed by atoms with Crippen LogP contribution in [0.3, 0.4) is 0 Å². The van der Waals surface area contributed by atoms with Crippen molar-refractivity contribution in [2.45, 2.75) is 24.3 Å². The van der Waals surface area contributed by atoms with Gasteiger partial charge in [-0.05, 0) is 30.7 Å². The van der Waals surface area contributed by atoms with E-state index in [0.717, 1.165) is 12.5 Å². The first-order chi connectivity index (χ1) is 16.7. The minimum Gasteiger partial charge on any atom is -0.327 e. The molecule has 0 aromatic heterocycles. The van der Waals surface area contributed by atoms with Gasteiger partial charge in [0.2, 0.25) is 5.78 Å². The number of fused-ring (bicyclic) bond motifs is 1. The highest BCUT2D eigenvalue weighted by atomic mass is 79.9. The minimum absolute atomic E-state index is 0.00635. The number of allylic oxidation sites excluding steroid dienone is 1. The Morgan fingerprint density at radius 3 is 2.57 bits per heavy atom. The van der Waals surface area contributed by atoms with Gasteiger partial charge in [0.15, 0.2) is 12.0 Å². The topological polar surface area (TPSA) is 61.8 Å². The van der Waals surface area contributed by atoms with Gasteiger partial charge in [0.25, 0.3) is 5.91 Å². The maximum Gasteiger partial charge on any atom is 0.262 e. The number of aliphatic imine (C=N–C) groups is 1. The van der Waals surface area contributed by atoms with Crippen molar-refractivity contribution < 1.29 is 18.4 Å². The number of nitrogens with zero attached hydrogens (tertiary/aromatic N) is 2. The van der Waals surface area contributed by atoms with Crippen LogP contribution in [-0.4, -0.2) is 39.6 Å². The lowest BCUT2D eigenvalue weighted by Crippen LogP contribution is -2.34. The summed E-state index contributed by atoms with van der Waals surface area (Å²) in [5.74, 6) is -2.82. The van der Waals surface area contributed by atoms with Crippen LogP contribution in [0, 0.1) is 11.6 Å². The number of halogens is 5. The standard InChI is InChI=1S/C24H18BrCl2F2N3O2S/c1-2-8-35-31-18-7-6-17(28)20(21(18)29)22(33)14-11-32(23-13(14)9-12(25)10-30-23)24(34)19-15(26)4-3-5-16(19)27/h3-7,9-12,23,31H,2,8H2,1H3. The lowest BCUT2D eigenvalue weighted by Gasteiger charge is -2.25. The van der Waals surface area contributed by atoms with E-state index >= 15 is 4.39 Å². The number of nitrogens with one attached hydrogen (secondary N) is 1. The van der Waals surface area contributed by atoms with E-state index in [1.807, 2.05) is 6.92 Å². The zero-order chi connectivity index (χ0) is 25.3. The second-order valence-electron chi connectivity index (χ2n) is 7.65. The van der Waals surface area contributed by atoms with Crippen molar-refractivity contribution in [3.05, 3.63) is 86.6 Å².